The van der Waals surface area contributed by atoms with E-state index in [1.807, 2.05) is 24.3 Å². The molecule has 0 aliphatic carbocycles. The molecule has 6 heteroatoms. The van der Waals surface area contributed by atoms with Crippen LogP contribution in [-0.4, -0.2) is 17.0 Å². The van der Waals surface area contributed by atoms with Crippen molar-refractivity contribution in [1.82, 2.24) is 5.16 Å². The summed E-state index contributed by atoms with van der Waals surface area (Å²) in [4.78, 5) is 24.8. The molecular weight excluding hydrogens is 306 g/mol. The molecule has 1 aromatic carbocycles. The lowest BCUT2D eigenvalue weighted by atomic mass is 9.91. The van der Waals surface area contributed by atoms with Gasteiger partial charge in [0.15, 0.2) is 5.82 Å². The van der Waals surface area contributed by atoms with Crippen molar-refractivity contribution in [3.8, 4) is 0 Å². The van der Waals surface area contributed by atoms with Crippen LogP contribution in [0.5, 0.6) is 0 Å². The summed E-state index contributed by atoms with van der Waals surface area (Å²) in [6, 6.07) is 9.19. The topological polar surface area (TPSA) is 84.2 Å². The molecule has 2 amide bonds. The third-order valence-electron chi connectivity index (χ3n) is 3.84. The van der Waals surface area contributed by atoms with Crippen LogP contribution in [0.4, 0.5) is 11.5 Å². The van der Waals surface area contributed by atoms with Gasteiger partial charge in [-0.3, -0.25) is 9.59 Å². The summed E-state index contributed by atoms with van der Waals surface area (Å²) in [6.07, 6.45) is 0. The molecule has 128 valence electrons. The monoisotopic (exact) mass is 329 g/mol. The molecule has 24 heavy (non-hydrogen) atoms. The van der Waals surface area contributed by atoms with Crippen LogP contribution >= 0.6 is 0 Å². The van der Waals surface area contributed by atoms with Gasteiger partial charge in [-0.15, -0.1) is 0 Å². The minimum absolute atomic E-state index is 0.291. The van der Waals surface area contributed by atoms with Gasteiger partial charge in [0.05, 0.1) is 0 Å². The highest BCUT2D eigenvalue weighted by molar-refractivity contribution is 6.13. The van der Waals surface area contributed by atoms with E-state index >= 15 is 0 Å². The number of aryl methyl sites for hydroxylation is 1. The molecule has 1 aromatic heterocycles. The molecule has 6 nitrogen and oxygen atoms in total. The molecule has 0 aliphatic heterocycles. The average Bonchev–Trinajstić information content (AvgIpc) is 2.92. The predicted octanol–water partition coefficient (Wildman–Crippen LogP) is 3.71. The zero-order valence-electron chi connectivity index (χ0n) is 14.6. The van der Waals surface area contributed by atoms with E-state index in [0.717, 1.165) is 0 Å². The molecule has 0 aliphatic rings. The number of hydrogen-bond acceptors (Lipinski definition) is 4. The van der Waals surface area contributed by atoms with Gasteiger partial charge in [-0.2, -0.15) is 0 Å². The molecule has 0 spiro atoms. The molecular formula is C18H23N3O3. The largest absolute Gasteiger partial charge is 0.360 e. The molecule has 2 N–H and O–H groups in total. The van der Waals surface area contributed by atoms with Crippen LogP contribution in [0.25, 0.3) is 0 Å². The van der Waals surface area contributed by atoms with Crippen LogP contribution in [0.15, 0.2) is 34.9 Å². The molecule has 0 saturated carbocycles. The van der Waals surface area contributed by atoms with Gasteiger partial charge in [-0.1, -0.05) is 31.1 Å². The van der Waals surface area contributed by atoms with Gasteiger partial charge >= 0.3 is 0 Å². The predicted molar refractivity (Wildman–Crippen MR) is 92.8 cm³/mol. The molecule has 2 rings (SSSR count). The van der Waals surface area contributed by atoms with Crippen LogP contribution in [0.2, 0.25) is 0 Å². The number of rotatable bonds is 5. The van der Waals surface area contributed by atoms with Gasteiger partial charge in [0.1, 0.15) is 11.2 Å². The van der Waals surface area contributed by atoms with Crippen molar-refractivity contribution in [2.24, 2.45) is 5.41 Å². The maximum absolute atomic E-state index is 12.5. The first kappa shape index (κ1) is 17.7. The van der Waals surface area contributed by atoms with E-state index in [1.165, 1.54) is 5.56 Å². The molecule has 0 bridgehead atoms. The van der Waals surface area contributed by atoms with E-state index in [0.29, 0.717) is 23.2 Å². The van der Waals surface area contributed by atoms with Crippen LogP contribution in [0, 0.1) is 12.3 Å². The number of nitrogens with one attached hydrogen (secondary N) is 2. The number of anilines is 2. The Kier molecular flexibility index (Phi) is 5.07. The Morgan fingerprint density at radius 2 is 1.67 bits per heavy atom. The van der Waals surface area contributed by atoms with E-state index in [2.05, 4.69) is 29.6 Å². The van der Waals surface area contributed by atoms with Crippen LogP contribution < -0.4 is 10.6 Å². The zero-order chi connectivity index (χ0) is 17.9. The normalized spacial score (nSPS) is 11.4. The highest BCUT2D eigenvalue weighted by Gasteiger charge is 2.36. The Morgan fingerprint density at radius 1 is 1.08 bits per heavy atom. The lowest BCUT2D eigenvalue weighted by Crippen LogP contribution is -2.41. The fourth-order valence-electron chi connectivity index (χ4n) is 2.04. The van der Waals surface area contributed by atoms with E-state index in [4.69, 9.17) is 4.52 Å². The second kappa shape index (κ2) is 6.86. The minimum atomic E-state index is -1.26. The van der Waals surface area contributed by atoms with Gasteiger partial charge in [0, 0.05) is 11.8 Å². The minimum Gasteiger partial charge on any atom is -0.360 e. The lowest BCUT2D eigenvalue weighted by molar-refractivity contribution is -0.135. The first-order valence-corrected chi connectivity index (χ1v) is 7.86. The average molecular weight is 329 g/mol. The summed E-state index contributed by atoms with van der Waals surface area (Å²) in [6.45, 7) is 9.06. The molecule has 0 atom stereocenters. The quantitative estimate of drug-likeness (QED) is 0.819. The Balaban J connectivity index is 2.04. The number of benzene rings is 1. The molecule has 0 unspecified atom stereocenters. The summed E-state index contributed by atoms with van der Waals surface area (Å²) < 4.78 is 4.90. The second-order valence-electron chi connectivity index (χ2n) is 6.63. The summed E-state index contributed by atoms with van der Waals surface area (Å²) in [5.74, 6) is 0.449. The number of carbonyl (C=O) groups is 2. The zero-order valence-corrected chi connectivity index (χ0v) is 14.6. The third kappa shape index (κ3) is 4.01. The third-order valence-corrected chi connectivity index (χ3v) is 3.84. The van der Waals surface area contributed by atoms with E-state index in [1.54, 1.807) is 26.8 Å². The van der Waals surface area contributed by atoms with E-state index in [-0.39, 0.29) is 0 Å². The van der Waals surface area contributed by atoms with Crippen LogP contribution in [0.1, 0.15) is 44.9 Å². The van der Waals surface area contributed by atoms with Crippen molar-refractivity contribution in [3.63, 3.8) is 0 Å². The molecule has 0 saturated heterocycles. The maximum atomic E-state index is 12.5. The van der Waals surface area contributed by atoms with Crippen LogP contribution in [0.3, 0.4) is 0 Å². The smallest absolute Gasteiger partial charge is 0.240 e. The van der Waals surface area contributed by atoms with Gasteiger partial charge in [-0.25, -0.2) is 0 Å². The van der Waals surface area contributed by atoms with E-state index < -0.39 is 17.2 Å². The molecule has 1 heterocycles. The first-order chi connectivity index (χ1) is 11.2. The van der Waals surface area contributed by atoms with Gasteiger partial charge in [0.25, 0.3) is 0 Å². The maximum Gasteiger partial charge on any atom is 0.240 e. The fourth-order valence-corrected chi connectivity index (χ4v) is 2.04. The van der Waals surface area contributed by atoms with Crippen molar-refractivity contribution < 1.29 is 14.1 Å². The van der Waals surface area contributed by atoms with Gasteiger partial charge in [0.2, 0.25) is 11.8 Å². The second-order valence-corrected chi connectivity index (χ2v) is 6.63. The number of hydrogen-bond donors (Lipinski definition) is 2. The molecule has 0 fully saturated rings. The Morgan fingerprint density at radius 3 is 2.17 bits per heavy atom. The molecule has 2 aromatic rings. The number of carbonyl (C=O) groups excluding carboxylic acids is 2. The first-order valence-electron chi connectivity index (χ1n) is 7.86. The lowest BCUT2D eigenvalue weighted by Gasteiger charge is -2.22. The van der Waals surface area contributed by atoms with Crippen molar-refractivity contribution in [1.29, 1.82) is 0 Å². The standard InChI is InChI=1S/C18H23N3O3/c1-11(2)13-6-8-14(9-7-13)19-16(22)18(4,5)17(23)20-15-10-12(3)24-21-15/h6-11H,1-5H3,(H,19,22)(H,20,21,23). The van der Waals surface area contributed by atoms with Crippen molar-refractivity contribution in [3.05, 3.63) is 41.7 Å². The summed E-state index contributed by atoms with van der Waals surface area (Å²) in [5, 5.41) is 9.07. The fraction of sp³-hybridized carbons (Fsp3) is 0.389. The van der Waals surface area contributed by atoms with Gasteiger partial charge < -0.3 is 15.2 Å². The van der Waals surface area contributed by atoms with Crippen LogP contribution in [-0.2, 0) is 9.59 Å². The van der Waals surface area contributed by atoms with Crippen molar-refractivity contribution >= 4 is 23.3 Å². The van der Waals surface area contributed by atoms with E-state index in [9.17, 15) is 9.59 Å². The summed E-state index contributed by atoms with van der Waals surface area (Å²) >= 11 is 0. The highest BCUT2D eigenvalue weighted by atomic mass is 16.5. The summed E-state index contributed by atoms with van der Waals surface area (Å²) in [7, 11) is 0. The summed E-state index contributed by atoms with van der Waals surface area (Å²) in [5.41, 5.74) is 0.581. The Bertz CT molecular complexity index is 730. The SMILES string of the molecule is Cc1cc(NC(=O)C(C)(C)C(=O)Nc2ccc(C(C)C)cc2)no1. The Labute approximate surface area is 141 Å². The van der Waals surface area contributed by atoms with Crippen molar-refractivity contribution in [2.45, 2.75) is 40.5 Å². The van der Waals surface area contributed by atoms with Gasteiger partial charge in [-0.05, 0) is 44.4 Å². The number of nitrogens with zero attached hydrogens (tertiary/aromatic N) is 1. The highest BCUT2D eigenvalue weighted by Crippen LogP contribution is 2.23. The van der Waals surface area contributed by atoms with Crippen molar-refractivity contribution in [2.75, 3.05) is 10.6 Å². The Hall–Kier alpha value is -2.63. The number of amides is 2. The molecule has 0 radical (unpaired) electrons. The number of aromatic nitrogens is 1.